The number of ether oxygens (including phenoxy) is 1. The number of carbonyl (C=O) groups is 1. The van der Waals surface area contributed by atoms with Crippen molar-refractivity contribution in [3.63, 3.8) is 0 Å². The van der Waals surface area contributed by atoms with Gasteiger partial charge in [0, 0.05) is 6.54 Å². The summed E-state index contributed by atoms with van der Waals surface area (Å²) in [6.07, 6.45) is 3.56. The van der Waals surface area contributed by atoms with E-state index in [1.165, 1.54) is 0 Å². The minimum Gasteiger partial charge on any atom is -0.486 e. The third kappa shape index (κ3) is 4.37. The molecule has 0 aliphatic heterocycles. The van der Waals surface area contributed by atoms with Crippen molar-refractivity contribution in [2.45, 2.75) is 59.0 Å². The van der Waals surface area contributed by atoms with Crippen molar-refractivity contribution in [2.75, 3.05) is 6.54 Å². The molecule has 0 aliphatic rings. The van der Waals surface area contributed by atoms with Crippen LogP contribution >= 0.6 is 11.6 Å². The first-order valence-corrected chi connectivity index (χ1v) is 8.17. The van der Waals surface area contributed by atoms with Gasteiger partial charge >= 0.3 is 0 Å². The highest BCUT2D eigenvalue weighted by molar-refractivity contribution is 6.34. The van der Waals surface area contributed by atoms with Crippen molar-refractivity contribution in [1.82, 2.24) is 5.32 Å². The summed E-state index contributed by atoms with van der Waals surface area (Å²) in [5.41, 5.74) is 0.192. The Morgan fingerprint density at radius 2 is 1.81 bits per heavy atom. The maximum Gasteiger partial charge on any atom is 0.256 e. The van der Waals surface area contributed by atoms with Gasteiger partial charge in [0.2, 0.25) is 0 Å². The van der Waals surface area contributed by atoms with E-state index in [0.717, 1.165) is 25.7 Å². The predicted molar refractivity (Wildman–Crippen MR) is 88.3 cm³/mol. The second kappa shape index (κ2) is 8.28. The average Bonchev–Trinajstić information content (AvgIpc) is 2.50. The molecule has 0 radical (unpaired) electrons. The molecular formula is C17H26ClNO2. The van der Waals surface area contributed by atoms with Crippen molar-refractivity contribution < 1.29 is 9.53 Å². The zero-order valence-electron chi connectivity index (χ0n) is 13.5. The van der Waals surface area contributed by atoms with Crippen LogP contribution in [0.5, 0.6) is 5.75 Å². The summed E-state index contributed by atoms with van der Waals surface area (Å²) in [5.74, 6) is 0.399. The maximum absolute atomic E-state index is 12.3. The van der Waals surface area contributed by atoms with E-state index < -0.39 is 0 Å². The van der Waals surface area contributed by atoms with Crippen molar-refractivity contribution in [3.8, 4) is 5.75 Å². The predicted octanol–water partition coefficient (Wildman–Crippen LogP) is 4.83. The van der Waals surface area contributed by atoms with E-state index in [2.05, 4.69) is 26.1 Å². The molecule has 1 N–H and O–H groups in total. The van der Waals surface area contributed by atoms with Gasteiger partial charge in [-0.1, -0.05) is 45.4 Å². The van der Waals surface area contributed by atoms with E-state index >= 15 is 0 Å². The Balaban J connectivity index is 3.12. The van der Waals surface area contributed by atoms with Crippen LogP contribution in [0.15, 0.2) is 18.2 Å². The topological polar surface area (TPSA) is 38.3 Å². The summed E-state index contributed by atoms with van der Waals surface area (Å²) < 4.78 is 6.22. The van der Waals surface area contributed by atoms with Gasteiger partial charge in [0.25, 0.3) is 5.91 Å². The molecule has 1 amide bonds. The first-order chi connectivity index (χ1) is 10.0. The number of benzene rings is 1. The van der Waals surface area contributed by atoms with E-state index in [-0.39, 0.29) is 11.5 Å². The van der Waals surface area contributed by atoms with E-state index in [9.17, 15) is 4.79 Å². The minimum atomic E-state index is -0.246. The lowest BCUT2D eigenvalue weighted by Gasteiger charge is -2.32. The average molecular weight is 312 g/mol. The molecule has 3 nitrogen and oxygen atoms in total. The standard InChI is InChI=1S/C17H26ClNO2/c1-5-12-19-16(20)15-13(18)10-9-11-14(15)21-17(6-2,7-3)8-4/h9-11H,5-8,12H2,1-4H3,(H,19,20). The zero-order valence-corrected chi connectivity index (χ0v) is 14.2. The Hall–Kier alpha value is -1.22. The lowest BCUT2D eigenvalue weighted by molar-refractivity contribution is 0.0544. The highest BCUT2D eigenvalue weighted by Crippen LogP contribution is 2.33. The summed E-state index contributed by atoms with van der Waals surface area (Å²) in [5, 5.41) is 3.30. The van der Waals surface area contributed by atoms with Gasteiger partial charge in [-0.05, 0) is 37.8 Å². The summed E-state index contributed by atoms with van der Waals surface area (Å²) in [6, 6.07) is 5.36. The second-order valence-corrected chi connectivity index (χ2v) is 5.62. The van der Waals surface area contributed by atoms with Gasteiger partial charge in [0.15, 0.2) is 0 Å². The van der Waals surface area contributed by atoms with Gasteiger partial charge in [-0.3, -0.25) is 4.79 Å². The quantitative estimate of drug-likeness (QED) is 0.747. The number of nitrogens with one attached hydrogen (secondary N) is 1. The number of hydrogen-bond donors (Lipinski definition) is 1. The molecule has 4 heteroatoms. The smallest absolute Gasteiger partial charge is 0.256 e. The summed E-state index contributed by atoms with van der Waals surface area (Å²) >= 11 is 6.22. The van der Waals surface area contributed by atoms with Crippen molar-refractivity contribution in [3.05, 3.63) is 28.8 Å². The van der Waals surface area contributed by atoms with E-state index in [0.29, 0.717) is 22.9 Å². The monoisotopic (exact) mass is 311 g/mol. The fourth-order valence-corrected chi connectivity index (χ4v) is 2.59. The van der Waals surface area contributed by atoms with Crippen LogP contribution in [0, 0.1) is 0 Å². The van der Waals surface area contributed by atoms with Crippen LogP contribution in [-0.4, -0.2) is 18.1 Å². The Morgan fingerprint density at radius 3 is 2.33 bits per heavy atom. The Morgan fingerprint density at radius 1 is 1.19 bits per heavy atom. The molecule has 0 heterocycles. The van der Waals surface area contributed by atoms with Crippen LogP contribution in [0.4, 0.5) is 0 Å². The number of carbonyl (C=O) groups excluding carboxylic acids is 1. The largest absolute Gasteiger partial charge is 0.486 e. The van der Waals surface area contributed by atoms with Gasteiger partial charge in [0.05, 0.1) is 10.6 Å². The molecular weight excluding hydrogens is 286 g/mol. The fraction of sp³-hybridized carbons (Fsp3) is 0.588. The Labute approximate surface area is 133 Å². The van der Waals surface area contributed by atoms with Crippen LogP contribution < -0.4 is 10.1 Å². The number of halogens is 1. The molecule has 0 aliphatic carbocycles. The first kappa shape index (κ1) is 17.8. The van der Waals surface area contributed by atoms with E-state index in [1.54, 1.807) is 6.07 Å². The number of rotatable bonds is 8. The van der Waals surface area contributed by atoms with Gasteiger partial charge in [-0.15, -0.1) is 0 Å². The molecule has 21 heavy (non-hydrogen) atoms. The molecule has 0 spiro atoms. The molecule has 1 aromatic rings. The molecule has 0 fully saturated rings. The second-order valence-electron chi connectivity index (χ2n) is 5.21. The third-order valence-corrected chi connectivity index (χ3v) is 4.31. The number of hydrogen-bond acceptors (Lipinski definition) is 2. The minimum absolute atomic E-state index is 0.172. The van der Waals surface area contributed by atoms with E-state index in [4.69, 9.17) is 16.3 Å². The van der Waals surface area contributed by atoms with Gasteiger partial charge < -0.3 is 10.1 Å². The van der Waals surface area contributed by atoms with Crippen LogP contribution in [0.1, 0.15) is 63.7 Å². The fourth-order valence-electron chi connectivity index (χ4n) is 2.34. The Bertz CT molecular complexity index is 462. The molecule has 0 bridgehead atoms. The number of amides is 1. The van der Waals surface area contributed by atoms with Crippen molar-refractivity contribution in [2.24, 2.45) is 0 Å². The summed E-state index contributed by atoms with van der Waals surface area (Å²) in [6.45, 7) is 8.96. The molecule has 0 unspecified atom stereocenters. The van der Waals surface area contributed by atoms with Crippen molar-refractivity contribution >= 4 is 17.5 Å². The van der Waals surface area contributed by atoms with Gasteiger partial charge in [0.1, 0.15) is 11.4 Å². The van der Waals surface area contributed by atoms with Crippen LogP contribution in [0.2, 0.25) is 5.02 Å². The molecule has 0 saturated heterocycles. The maximum atomic E-state index is 12.3. The zero-order chi connectivity index (χ0) is 15.9. The van der Waals surface area contributed by atoms with Crippen LogP contribution in [0.25, 0.3) is 0 Å². The lowest BCUT2D eigenvalue weighted by Crippen LogP contribution is -2.35. The van der Waals surface area contributed by atoms with Crippen LogP contribution in [0.3, 0.4) is 0 Å². The lowest BCUT2D eigenvalue weighted by atomic mass is 9.94. The van der Waals surface area contributed by atoms with E-state index in [1.807, 2.05) is 19.1 Å². The normalized spacial score (nSPS) is 11.3. The molecule has 1 aromatic carbocycles. The highest BCUT2D eigenvalue weighted by Gasteiger charge is 2.28. The van der Waals surface area contributed by atoms with Crippen LogP contribution in [-0.2, 0) is 0 Å². The molecule has 0 atom stereocenters. The first-order valence-electron chi connectivity index (χ1n) is 7.79. The molecule has 0 saturated carbocycles. The highest BCUT2D eigenvalue weighted by atomic mass is 35.5. The summed E-state index contributed by atoms with van der Waals surface area (Å²) in [4.78, 5) is 12.3. The molecule has 1 rings (SSSR count). The SMILES string of the molecule is CCCNC(=O)c1c(Cl)cccc1OC(CC)(CC)CC. The molecule has 118 valence electrons. The van der Waals surface area contributed by atoms with Gasteiger partial charge in [-0.25, -0.2) is 0 Å². The third-order valence-electron chi connectivity index (χ3n) is 4.00. The molecule has 0 aromatic heterocycles. The van der Waals surface area contributed by atoms with Crippen molar-refractivity contribution in [1.29, 1.82) is 0 Å². The Kier molecular flexibility index (Phi) is 7.03. The summed E-state index contributed by atoms with van der Waals surface area (Å²) in [7, 11) is 0. The van der Waals surface area contributed by atoms with Gasteiger partial charge in [-0.2, -0.15) is 0 Å².